The van der Waals surface area contributed by atoms with E-state index >= 15 is 0 Å². The van der Waals surface area contributed by atoms with Crippen molar-refractivity contribution < 1.29 is 22.4 Å². The van der Waals surface area contributed by atoms with Gasteiger partial charge in [0.2, 0.25) is 5.91 Å². The smallest absolute Gasteiger partial charge is 0.267 e. The second-order valence-electron chi connectivity index (χ2n) is 6.12. The Balaban J connectivity index is 1.68. The summed E-state index contributed by atoms with van der Waals surface area (Å²) in [7, 11) is -3.16. The maximum atomic E-state index is 13.6. The Morgan fingerprint density at radius 2 is 2.08 bits per heavy atom. The second kappa shape index (κ2) is 6.91. The van der Waals surface area contributed by atoms with E-state index in [9.17, 15) is 22.4 Å². The third kappa shape index (κ3) is 4.04. The van der Waals surface area contributed by atoms with E-state index in [4.69, 9.17) is 0 Å². The molecule has 2 amide bonds. The van der Waals surface area contributed by atoms with Crippen molar-refractivity contribution in [1.82, 2.24) is 10.3 Å². The minimum Gasteiger partial charge on any atom is -0.347 e. The second-order valence-corrected chi connectivity index (χ2v) is 8.34. The van der Waals surface area contributed by atoms with Crippen LogP contribution < -0.4 is 5.32 Å². The first-order chi connectivity index (χ1) is 11.9. The SMILES string of the molecule is O=C(NCc1ccccc1F)C1=NN([C@@H]2CCS(=O)(=O)C2)C(=O)CC1. The topological polar surface area (TPSA) is 95.9 Å². The highest BCUT2D eigenvalue weighted by atomic mass is 32.2. The van der Waals surface area contributed by atoms with Crippen LogP contribution in [0.2, 0.25) is 0 Å². The van der Waals surface area contributed by atoms with Crippen molar-refractivity contribution in [3.8, 4) is 0 Å². The van der Waals surface area contributed by atoms with Crippen molar-refractivity contribution in [2.75, 3.05) is 11.5 Å². The van der Waals surface area contributed by atoms with E-state index in [1.165, 1.54) is 6.07 Å². The Hall–Kier alpha value is -2.29. The zero-order chi connectivity index (χ0) is 18.0. The summed E-state index contributed by atoms with van der Waals surface area (Å²) < 4.78 is 36.8. The molecular formula is C16H18FN3O4S. The van der Waals surface area contributed by atoms with Gasteiger partial charge >= 0.3 is 0 Å². The maximum absolute atomic E-state index is 13.6. The van der Waals surface area contributed by atoms with Crippen molar-refractivity contribution >= 4 is 27.4 Å². The van der Waals surface area contributed by atoms with E-state index in [-0.39, 0.29) is 42.5 Å². The molecule has 1 fully saturated rings. The zero-order valence-electron chi connectivity index (χ0n) is 13.4. The predicted octanol–water partition coefficient (Wildman–Crippen LogP) is 0.607. The van der Waals surface area contributed by atoms with Gasteiger partial charge in [-0.1, -0.05) is 18.2 Å². The van der Waals surface area contributed by atoms with Gasteiger partial charge in [0.05, 0.1) is 17.5 Å². The van der Waals surface area contributed by atoms with Crippen molar-refractivity contribution in [1.29, 1.82) is 0 Å². The molecule has 3 rings (SSSR count). The molecule has 25 heavy (non-hydrogen) atoms. The Kier molecular flexibility index (Phi) is 4.85. The lowest BCUT2D eigenvalue weighted by Gasteiger charge is -2.27. The lowest BCUT2D eigenvalue weighted by molar-refractivity contribution is -0.133. The van der Waals surface area contributed by atoms with E-state index in [1.807, 2.05) is 0 Å². The van der Waals surface area contributed by atoms with Crippen LogP contribution >= 0.6 is 0 Å². The van der Waals surface area contributed by atoms with Crippen LogP contribution in [0.5, 0.6) is 0 Å². The Labute approximate surface area is 144 Å². The largest absolute Gasteiger partial charge is 0.347 e. The number of nitrogens with zero attached hydrogens (tertiary/aromatic N) is 2. The van der Waals surface area contributed by atoms with Crippen LogP contribution in [0.1, 0.15) is 24.8 Å². The molecule has 1 aromatic rings. The molecule has 1 N–H and O–H groups in total. The van der Waals surface area contributed by atoms with Crippen LogP contribution in [-0.4, -0.2) is 48.5 Å². The first-order valence-electron chi connectivity index (χ1n) is 7.97. The molecule has 2 aliphatic heterocycles. The molecule has 0 bridgehead atoms. The number of rotatable bonds is 4. The lowest BCUT2D eigenvalue weighted by Crippen LogP contribution is -2.43. The lowest BCUT2D eigenvalue weighted by atomic mass is 10.1. The minimum absolute atomic E-state index is 0.0102. The summed E-state index contributed by atoms with van der Waals surface area (Å²) in [5, 5.41) is 7.79. The molecule has 0 aliphatic carbocycles. The first kappa shape index (κ1) is 17.5. The van der Waals surface area contributed by atoms with Gasteiger partial charge in [0.25, 0.3) is 5.91 Å². The molecule has 0 saturated carbocycles. The number of hydrogen-bond acceptors (Lipinski definition) is 5. The first-order valence-corrected chi connectivity index (χ1v) is 9.79. The van der Waals surface area contributed by atoms with Crippen molar-refractivity contribution in [2.24, 2.45) is 5.10 Å². The van der Waals surface area contributed by atoms with Gasteiger partial charge in [0.1, 0.15) is 11.5 Å². The van der Waals surface area contributed by atoms with Gasteiger partial charge in [0.15, 0.2) is 9.84 Å². The highest BCUT2D eigenvalue weighted by molar-refractivity contribution is 7.91. The van der Waals surface area contributed by atoms with Gasteiger partial charge in [-0.2, -0.15) is 5.10 Å². The number of hydrogen-bond donors (Lipinski definition) is 1. The van der Waals surface area contributed by atoms with E-state index in [1.54, 1.807) is 18.2 Å². The number of benzene rings is 1. The molecular weight excluding hydrogens is 349 g/mol. The zero-order valence-corrected chi connectivity index (χ0v) is 14.3. The van der Waals surface area contributed by atoms with E-state index in [2.05, 4.69) is 10.4 Å². The van der Waals surface area contributed by atoms with Gasteiger partial charge in [-0.3, -0.25) is 9.59 Å². The number of nitrogens with one attached hydrogen (secondary N) is 1. The molecule has 1 atom stereocenters. The van der Waals surface area contributed by atoms with Gasteiger partial charge < -0.3 is 5.32 Å². The fraction of sp³-hybridized carbons (Fsp3) is 0.438. The van der Waals surface area contributed by atoms with Crippen molar-refractivity contribution in [3.63, 3.8) is 0 Å². The molecule has 7 nitrogen and oxygen atoms in total. The number of amides is 2. The fourth-order valence-corrected chi connectivity index (χ4v) is 4.60. The van der Waals surface area contributed by atoms with Crippen LogP contribution in [0.4, 0.5) is 4.39 Å². The minimum atomic E-state index is -3.16. The molecule has 0 unspecified atom stereocenters. The summed E-state index contributed by atoms with van der Waals surface area (Å²) in [4.78, 5) is 24.3. The van der Waals surface area contributed by atoms with Gasteiger partial charge in [-0.25, -0.2) is 17.8 Å². The highest BCUT2D eigenvalue weighted by Crippen LogP contribution is 2.22. The molecule has 1 aromatic carbocycles. The van der Waals surface area contributed by atoms with E-state index < -0.39 is 27.6 Å². The number of halogens is 1. The molecule has 1 saturated heterocycles. The summed E-state index contributed by atoms with van der Waals surface area (Å²) in [6.07, 6.45) is 0.599. The standard InChI is InChI=1S/C16H18FN3O4S/c17-13-4-2-1-3-11(13)9-18-16(22)14-5-6-15(21)20(19-14)12-7-8-25(23,24)10-12/h1-4,12H,5-10H2,(H,18,22)/t12-/m1/s1. The van der Waals surface area contributed by atoms with E-state index in [0.29, 0.717) is 12.0 Å². The van der Waals surface area contributed by atoms with Gasteiger partial charge in [-0.05, 0) is 12.5 Å². The molecule has 0 radical (unpaired) electrons. The fourth-order valence-electron chi connectivity index (χ4n) is 2.91. The quantitative estimate of drug-likeness (QED) is 0.843. The Bertz CT molecular complexity index is 838. The summed E-state index contributed by atoms with van der Waals surface area (Å²) in [6, 6.07) is 5.58. The van der Waals surface area contributed by atoms with Crippen LogP contribution in [-0.2, 0) is 26.0 Å². The number of carbonyl (C=O) groups is 2. The molecule has 2 aliphatic rings. The Morgan fingerprint density at radius 1 is 1.32 bits per heavy atom. The monoisotopic (exact) mass is 367 g/mol. The van der Waals surface area contributed by atoms with Gasteiger partial charge in [0, 0.05) is 24.9 Å². The normalized spacial score (nSPS) is 22.6. The average molecular weight is 367 g/mol. The Morgan fingerprint density at radius 3 is 2.76 bits per heavy atom. The number of hydrazone groups is 1. The molecule has 9 heteroatoms. The maximum Gasteiger partial charge on any atom is 0.267 e. The number of sulfone groups is 1. The van der Waals surface area contributed by atoms with Crippen LogP contribution in [0.3, 0.4) is 0 Å². The van der Waals surface area contributed by atoms with Gasteiger partial charge in [-0.15, -0.1) is 0 Å². The van der Waals surface area contributed by atoms with Crippen LogP contribution in [0.25, 0.3) is 0 Å². The highest BCUT2D eigenvalue weighted by Gasteiger charge is 2.37. The summed E-state index contributed by atoms with van der Waals surface area (Å²) in [6.45, 7) is 0.0102. The van der Waals surface area contributed by atoms with Crippen LogP contribution in [0, 0.1) is 5.82 Å². The average Bonchev–Trinajstić information content (AvgIpc) is 2.94. The third-order valence-corrected chi connectivity index (χ3v) is 6.02. The van der Waals surface area contributed by atoms with E-state index in [0.717, 1.165) is 5.01 Å². The van der Waals surface area contributed by atoms with Crippen molar-refractivity contribution in [2.45, 2.75) is 31.8 Å². The number of carbonyl (C=O) groups excluding carboxylic acids is 2. The van der Waals surface area contributed by atoms with Crippen LogP contribution in [0.15, 0.2) is 29.4 Å². The molecule has 0 aromatic heterocycles. The molecule has 2 heterocycles. The molecule has 0 spiro atoms. The van der Waals surface area contributed by atoms with Crippen molar-refractivity contribution in [3.05, 3.63) is 35.6 Å². The molecule has 134 valence electrons. The third-order valence-electron chi connectivity index (χ3n) is 4.27. The summed E-state index contributed by atoms with van der Waals surface area (Å²) >= 11 is 0. The predicted molar refractivity (Wildman–Crippen MR) is 88.8 cm³/mol. The summed E-state index contributed by atoms with van der Waals surface area (Å²) in [5.41, 5.74) is 0.502. The summed E-state index contributed by atoms with van der Waals surface area (Å²) in [5.74, 6) is -1.30.